The average Bonchev–Trinajstić information content (AvgIpc) is 2.83. The highest BCUT2D eigenvalue weighted by atomic mass is 16.6. The maximum Gasteiger partial charge on any atom is 0.408 e. The number of ether oxygens (including phenoxy) is 1. The molecule has 0 aliphatic heterocycles. The fourth-order valence-electron chi connectivity index (χ4n) is 4.01. The van der Waals surface area contributed by atoms with Crippen LogP contribution < -0.4 is 10.6 Å². The molecule has 3 amide bonds. The average molecular weight is 507 g/mol. The quantitative estimate of drug-likeness (QED) is 0.435. The maximum atomic E-state index is 14.0. The summed E-state index contributed by atoms with van der Waals surface area (Å²) >= 11 is 0. The normalized spacial score (nSPS) is 13.4. The van der Waals surface area contributed by atoms with Crippen molar-refractivity contribution in [1.29, 1.82) is 5.26 Å². The molecule has 0 saturated carbocycles. The number of alkyl carbamates (subject to hydrolysis) is 1. The second-order valence-electron chi connectivity index (χ2n) is 10.0. The monoisotopic (exact) mass is 506 g/mol. The van der Waals surface area contributed by atoms with E-state index < -0.39 is 29.7 Å². The van der Waals surface area contributed by atoms with Crippen LogP contribution in [0, 0.1) is 11.3 Å². The van der Waals surface area contributed by atoms with Crippen LogP contribution in [0.5, 0.6) is 0 Å². The third-order valence-electron chi connectivity index (χ3n) is 5.58. The zero-order valence-electron chi connectivity index (χ0n) is 22.4. The van der Waals surface area contributed by atoms with Gasteiger partial charge in [0.15, 0.2) is 0 Å². The van der Waals surface area contributed by atoms with Gasteiger partial charge in [0, 0.05) is 12.5 Å². The summed E-state index contributed by atoms with van der Waals surface area (Å²) in [4.78, 5) is 41.4. The zero-order valence-corrected chi connectivity index (χ0v) is 22.4. The van der Waals surface area contributed by atoms with Gasteiger partial charge >= 0.3 is 6.09 Å². The fourth-order valence-corrected chi connectivity index (χ4v) is 4.01. The molecule has 0 bridgehead atoms. The Morgan fingerprint density at radius 3 is 2.14 bits per heavy atom. The standard InChI is InChI=1S/C29H38N4O4/c1-6-13-21(2)31-26(34)25(23-16-11-8-12-17-23)33(19-18-30)27(35)24(20-22-14-9-7-10-15-22)32-28(36)37-29(3,4)5/h7-12,14-17,21,24-25H,6,13,19-20H2,1-5H3,(H,31,34)(H,32,36). The van der Waals surface area contributed by atoms with E-state index in [-0.39, 0.29) is 24.9 Å². The van der Waals surface area contributed by atoms with Gasteiger partial charge in [-0.05, 0) is 45.2 Å². The van der Waals surface area contributed by atoms with Crippen molar-refractivity contribution in [2.24, 2.45) is 0 Å². The number of nitrogens with zero attached hydrogens (tertiary/aromatic N) is 2. The third-order valence-corrected chi connectivity index (χ3v) is 5.58. The minimum Gasteiger partial charge on any atom is -0.444 e. The molecule has 0 fully saturated rings. The fraction of sp³-hybridized carbons (Fsp3) is 0.448. The number of nitriles is 1. The van der Waals surface area contributed by atoms with Crippen molar-refractivity contribution < 1.29 is 19.1 Å². The summed E-state index contributed by atoms with van der Waals surface area (Å²) in [6.07, 6.45) is 1.07. The SMILES string of the molecule is CCCC(C)NC(=O)C(c1ccccc1)N(CC#N)C(=O)C(Cc1ccccc1)NC(=O)OC(C)(C)C. The van der Waals surface area contributed by atoms with Crippen LogP contribution in [0.25, 0.3) is 0 Å². The van der Waals surface area contributed by atoms with Gasteiger partial charge in [-0.2, -0.15) is 5.26 Å². The van der Waals surface area contributed by atoms with Gasteiger partial charge in [-0.1, -0.05) is 74.0 Å². The van der Waals surface area contributed by atoms with Crippen LogP contribution in [0.4, 0.5) is 4.79 Å². The largest absolute Gasteiger partial charge is 0.444 e. The zero-order chi connectivity index (χ0) is 27.4. The van der Waals surface area contributed by atoms with Gasteiger partial charge < -0.3 is 20.3 Å². The molecule has 198 valence electrons. The molecule has 8 nitrogen and oxygen atoms in total. The van der Waals surface area contributed by atoms with Gasteiger partial charge in [0.1, 0.15) is 24.2 Å². The van der Waals surface area contributed by atoms with Crippen molar-refractivity contribution in [1.82, 2.24) is 15.5 Å². The number of hydrogen-bond acceptors (Lipinski definition) is 5. The van der Waals surface area contributed by atoms with Gasteiger partial charge in [0.25, 0.3) is 0 Å². The number of hydrogen-bond donors (Lipinski definition) is 2. The smallest absolute Gasteiger partial charge is 0.408 e. The summed E-state index contributed by atoms with van der Waals surface area (Å²) in [5, 5.41) is 15.3. The van der Waals surface area contributed by atoms with E-state index in [0.29, 0.717) is 5.56 Å². The van der Waals surface area contributed by atoms with Crippen molar-refractivity contribution in [2.75, 3.05) is 6.54 Å². The molecule has 2 rings (SSSR count). The summed E-state index contributed by atoms with van der Waals surface area (Å²) in [7, 11) is 0. The Bertz CT molecular complexity index is 1060. The van der Waals surface area contributed by atoms with E-state index in [2.05, 4.69) is 10.6 Å². The lowest BCUT2D eigenvalue weighted by molar-refractivity contribution is -0.142. The minimum atomic E-state index is -1.06. The van der Waals surface area contributed by atoms with Crippen LogP contribution in [0.3, 0.4) is 0 Å². The number of benzene rings is 2. The van der Waals surface area contributed by atoms with Crippen LogP contribution in [0.1, 0.15) is 64.6 Å². The topological polar surface area (TPSA) is 112 Å². The molecule has 3 unspecified atom stereocenters. The van der Waals surface area contributed by atoms with E-state index in [0.717, 1.165) is 18.4 Å². The van der Waals surface area contributed by atoms with Crippen molar-refractivity contribution in [2.45, 2.75) is 77.6 Å². The highest BCUT2D eigenvalue weighted by molar-refractivity contribution is 5.92. The molecule has 37 heavy (non-hydrogen) atoms. The minimum absolute atomic E-state index is 0.109. The first kappa shape index (κ1) is 29.4. The number of carbonyl (C=O) groups excluding carboxylic acids is 3. The molecule has 0 aliphatic rings. The van der Waals surface area contributed by atoms with Gasteiger partial charge in [-0.25, -0.2) is 4.79 Å². The lowest BCUT2D eigenvalue weighted by Crippen LogP contribution is -2.54. The van der Waals surface area contributed by atoms with Crippen LogP contribution in [0.2, 0.25) is 0 Å². The Hall–Kier alpha value is -3.86. The van der Waals surface area contributed by atoms with Gasteiger partial charge in [0.2, 0.25) is 11.8 Å². The summed E-state index contributed by atoms with van der Waals surface area (Å²) < 4.78 is 5.40. The molecule has 2 aromatic rings. The molecule has 8 heteroatoms. The van der Waals surface area contributed by atoms with Gasteiger partial charge in [0.05, 0.1) is 6.07 Å². The van der Waals surface area contributed by atoms with Crippen molar-refractivity contribution in [3.63, 3.8) is 0 Å². The summed E-state index contributed by atoms with van der Waals surface area (Å²) in [6.45, 7) is 8.79. The van der Waals surface area contributed by atoms with E-state index in [4.69, 9.17) is 4.74 Å². The van der Waals surface area contributed by atoms with E-state index >= 15 is 0 Å². The molecule has 0 aliphatic carbocycles. The van der Waals surface area contributed by atoms with Gasteiger partial charge in [-0.15, -0.1) is 0 Å². The molecular weight excluding hydrogens is 468 g/mol. The molecule has 2 aromatic carbocycles. The number of nitrogens with one attached hydrogen (secondary N) is 2. The second-order valence-corrected chi connectivity index (χ2v) is 10.0. The van der Waals surface area contributed by atoms with Crippen LogP contribution in [0.15, 0.2) is 60.7 Å². The summed E-state index contributed by atoms with van der Waals surface area (Å²) in [5.74, 6) is -0.935. The predicted molar refractivity (Wildman–Crippen MR) is 142 cm³/mol. The molecule has 0 radical (unpaired) electrons. The Labute approximate surface area is 220 Å². The predicted octanol–water partition coefficient (Wildman–Crippen LogP) is 4.52. The van der Waals surface area contributed by atoms with E-state index in [1.165, 1.54) is 4.90 Å². The van der Waals surface area contributed by atoms with E-state index in [1.54, 1.807) is 45.0 Å². The number of rotatable bonds is 11. The van der Waals surface area contributed by atoms with Crippen LogP contribution in [-0.4, -0.2) is 47.0 Å². The van der Waals surface area contributed by atoms with Gasteiger partial charge in [-0.3, -0.25) is 9.59 Å². The summed E-state index contributed by atoms with van der Waals surface area (Å²) in [6, 6.07) is 17.9. The Balaban J connectivity index is 2.47. The van der Waals surface area contributed by atoms with Crippen molar-refractivity contribution >= 4 is 17.9 Å². The highest BCUT2D eigenvalue weighted by Gasteiger charge is 2.36. The lowest BCUT2D eigenvalue weighted by Gasteiger charge is -2.33. The van der Waals surface area contributed by atoms with E-state index in [1.807, 2.05) is 56.3 Å². The highest BCUT2D eigenvalue weighted by Crippen LogP contribution is 2.23. The third kappa shape index (κ3) is 9.60. The summed E-state index contributed by atoms with van der Waals surface area (Å²) in [5.41, 5.74) is 0.618. The Morgan fingerprint density at radius 2 is 1.59 bits per heavy atom. The molecule has 0 heterocycles. The first-order valence-corrected chi connectivity index (χ1v) is 12.6. The molecule has 0 saturated heterocycles. The first-order valence-electron chi connectivity index (χ1n) is 12.6. The van der Waals surface area contributed by atoms with Crippen LogP contribution >= 0.6 is 0 Å². The Morgan fingerprint density at radius 1 is 1.00 bits per heavy atom. The van der Waals surface area contributed by atoms with Crippen molar-refractivity contribution in [3.8, 4) is 6.07 Å². The lowest BCUT2D eigenvalue weighted by atomic mass is 10.00. The Kier molecular flexibility index (Phi) is 11.1. The first-order chi connectivity index (χ1) is 17.6. The molecule has 0 aromatic heterocycles. The molecule has 2 N–H and O–H groups in total. The molecule has 3 atom stereocenters. The number of amides is 3. The molecular formula is C29H38N4O4. The molecule has 0 spiro atoms. The second kappa shape index (κ2) is 14.0. The maximum absolute atomic E-state index is 14.0. The van der Waals surface area contributed by atoms with Crippen molar-refractivity contribution in [3.05, 3.63) is 71.8 Å². The number of carbonyl (C=O) groups is 3. The van der Waals surface area contributed by atoms with E-state index in [9.17, 15) is 19.6 Å². The van der Waals surface area contributed by atoms with Crippen LogP contribution in [-0.2, 0) is 20.7 Å².